The van der Waals surface area contributed by atoms with Gasteiger partial charge in [-0.25, -0.2) is 8.42 Å². The first-order valence-corrected chi connectivity index (χ1v) is 9.70. The predicted molar refractivity (Wildman–Crippen MR) is 105 cm³/mol. The van der Waals surface area contributed by atoms with Crippen molar-refractivity contribution in [3.63, 3.8) is 0 Å². The third-order valence-corrected chi connectivity index (χ3v) is 5.46. The summed E-state index contributed by atoms with van der Waals surface area (Å²) in [5.74, 6) is 0. The first-order valence-electron chi connectivity index (χ1n) is 7.47. The van der Waals surface area contributed by atoms with Crippen molar-refractivity contribution in [2.45, 2.75) is 4.90 Å². The second kappa shape index (κ2) is 7.86. The largest absolute Gasteiger partial charge is 0.278 e. The molecule has 0 saturated heterocycles. The van der Waals surface area contributed by atoms with E-state index in [0.717, 1.165) is 0 Å². The normalized spacial score (nSPS) is 11.6. The highest BCUT2D eigenvalue weighted by molar-refractivity contribution is 7.92. The lowest BCUT2D eigenvalue weighted by atomic mass is 10.2. The molecule has 0 aliphatic rings. The van der Waals surface area contributed by atoms with Crippen molar-refractivity contribution in [2.24, 2.45) is 4.99 Å². The zero-order valence-electron chi connectivity index (χ0n) is 13.3. The molecule has 0 unspecified atom stereocenters. The van der Waals surface area contributed by atoms with Crippen molar-refractivity contribution in [3.8, 4) is 0 Å². The van der Waals surface area contributed by atoms with Crippen molar-refractivity contribution in [2.75, 3.05) is 4.72 Å². The molecule has 0 amide bonds. The van der Waals surface area contributed by atoms with Crippen LogP contribution in [-0.4, -0.2) is 19.6 Å². The standard InChI is InChI=1S/C18H13Cl2N3O2S/c19-17-4-1-5-18(20)16(17)12-22-13-6-8-15(9-7-13)26(24,25)23-14-3-2-10-21-11-14/h1-12,23H. The van der Waals surface area contributed by atoms with Gasteiger partial charge in [-0.3, -0.25) is 14.7 Å². The van der Waals surface area contributed by atoms with E-state index < -0.39 is 10.0 Å². The molecule has 8 heteroatoms. The number of hydrogen-bond acceptors (Lipinski definition) is 4. The van der Waals surface area contributed by atoms with Gasteiger partial charge < -0.3 is 0 Å². The van der Waals surface area contributed by atoms with E-state index in [1.165, 1.54) is 18.3 Å². The van der Waals surface area contributed by atoms with E-state index in [9.17, 15) is 8.42 Å². The SMILES string of the molecule is O=S(=O)(Nc1cccnc1)c1ccc(N=Cc2c(Cl)cccc2Cl)cc1. The van der Waals surface area contributed by atoms with Crippen molar-refractivity contribution >= 4 is 50.8 Å². The fourth-order valence-electron chi connectivity index (χ4n) is 2.12. The van der Waals surface area contributed by atoms with E-state index in [4.69, 9.17) is 23.2 Å². The molecule has 2 aromatic carbocycles. The van der Waals surface area contributed by atoms with Crippen LogP contribution in [0.3, 0.4) is 0 Å². The fourth-order valence-corrected chi connectivity index (χ4v) is 3.66. The van der Waals surface area contributed by atoms with Crippen LogP contribution in [0.2, 0.25) is 10.0 Å². The molecule has 0 saturated carbocycles. The molecule has 1 aromatic heterocycles. The van der Waals surface area contributed by atoms with E-state index in [1.807, 2.05) is 0 Å². The van der Waals surface area contributed by atoms with Crippen LogP contribution >= 0.6 is 23.2 Å². The summed E-state index contributed by atoms with van der Waals surface area (Å²) in [6.07, 6.45) is 4.54. The Bertz CT molecular complexity index is 1020. The number of nitrogens with zero attached hydrogens (tertiary/aromatic N) is 2. The molecule has 3 rings (SSSR count). The average Bonchev–Trinajstić information content (AvgIpc) is 2.62. The summed E-state index contributed by atoms with van der Waals surface area (Å²) in [6.45, 7) is 0. The van der Waals surface area contributed by atoms with Crippen LogP contribution in [-0.2, 0) is 10.0 Å². The van der Waals surface area contributed by atoms with Gasteiger partial charge >= 0.3 is 0 Å². The lowest BCUT2D eigenvalue weighted by molar-refractivity contribution is 0.601. The minimum atomic E-state index is -3.69. The van der Waals surface area contributed by atoms with Crippen LogP contribution < -0.4 is 4.72 Å². The monoisotopic (exact) mass is 405 g/mol. The maximum Gasteiger partial charge on any atom is 0.261 e. The molecular formula is C18H13Cl2N3O2S. The molecule has 0 spiro atoms. The number of nitrogens with one attached hydrogen (secondary N) is 1. The van der Waals surface area contributed by atoms with Crippen LogP contribution in [0.5, 0.6) is 0 Å². The number of halogens is 2. The van der Waals surface area contributed by atoms with Gasteiger partial charge in [0.2, 0.25) is 0 Å². The van der Waals surface area contributed by atoms with Crippen LogP contribution in [0, 0.1) is 0 Å². The number of hydrogen-bond donors (Lipinski definition) is 1. The number of rotatable bonds is 5. The fraction of sp³-hybridized carbons (Fsp3) is 0. The van der Waals surface area contributed by atoms with Gasteiger partial charge in [-0.1, -0.05) is 29.3 Å². The Balaban J connectivity index is 1.79. The quantitative estimate of drug-likeness (QED) is 0.610. The van der Waals surface area contributed by atoms with Gasteiger partial charge in [-0.05, 0) is 48.5 Å². The summed E-state index contributed by atoms with van der Waals surface area (Å²) in [7, 11) is -3.69. The molecule has 0 radical (unpaired) electrons. The summed E-state index contributed by atoms with van der Waals surface area (Å²) in [5.41, 5.74) is 1.56. The molecule has 1 heterocycles. The van der Waals surface area contributed by atoms with E-state index in [0.29, 0.717) is 27.0 Å². The third kappa shape index (κ3) is 4.40. The molecular weight excluding hydrogens is 393 g/mol. The Morgan fingerprint density at radius 3 is 2.27 bits per heavy atom. The first-order chi connectivity index (χ1) is 12.5. The van der Waals surface area contributed by atoms with Gasteiger partial charge in [-0.2, -0.15) is 0 Å². The molecule has 0 aliphatic heterocycles. The highest BCUT2D eigenvalue weighted by Crippen LogP contribution is 2.24. The van der Waals surface area contributed by atoms with Crippen LogP contribution in [0.1, 0.15) is 5.56 Å². The minimum Gasteiger partial charge on any atom is -0.278 e. The number of anilines is 1. The molecule has 0 aliphatic carbocycles. The van der Waals surface area contributed by atoms with Crippen molar-refractivity contribution in [1.29, 1.82) is 0 Å². The summed E-state index contributed by atoms with van der Waals surface area (Å²) in [6, 6.07) is 14.6. The molecule has 5 nitrogen and oxygen atoms in total. The molecule has 26 heavy (non-hydrogen) atoms. The number of pyridine rings is 1. The third-order valence-electron chi connectivity index (χ3n) is 3.40. The van der Waals surface area contributed by atoms with Crippen LogP contribution in [0.15, 0.2) is 76.9 Å². The van der Waals surface area contributed by atoms with Crippen molar-refractivity contribution < 1.29 is 8.42 Å². The zero-order valence-corrected chi connectivity index (χ0v) is 15.6. The Morgan fingerprint density at radius 2 is 1.65 bits per heavy atom. The number of sulfonamides is 1. The van der Waals surface area contributed by atoms with Crippen LogP contribution in [0.4, 0.5) is 11.4 Å². The van der Waals surface area contributed by atoms with Crippen LogP contribution in [0.25, 0.3) is 0 Å². The number of aliphatic imine (C=N–C) groups is 1. The van der Waals surface area contributed by atoms with Gasteiger partial charge in [0, 0.05) is 18.0 Å². The maximum absolute atomic E-state index is 12.4. The molecule has 132 valence electrons. The lowest BCUT2D eigenvalue weighted by Crippen LogP contribution is -2.12. The van der Waals surface area contributed by atoms with Crippen molar-refractivity contribution in [1.82, 2.24) is 4.98 Å². The van der Waals surface area contributed by atoms with Gasteiger partial charge in [0.15, 0.2) is 0 Å². The van der Waals surface area contributed by atoms with E-state index in [-0.39, 0.29) is 4.90 Å². The smallest absolute Gasteiger partial charge is 0.261 e. The maximum atomic E-state index is 12.4. The molecule has 1 N–H and O–H groups in total. The zero-order chi connectivity index (χ0) is 18.6. The van der Waals surface area contributed by atoms with E-state index in [2.05, 4.69) is 14.7 Å². The topological polar surface area (TPSA) is 71.4 Å². The average molecular weight is 406 g/mol. The van der Waals surface area contributed by atoms with Crippen molar-refractivity contribution in [3.05, 3.63) is 82.6 Å². The summed E-state index contributed by atoms with van der Waals surface area (Å²) in [4.78, 5) is 8.28. The van der Waals surface area contributed by atoms with Gasteiger partial charge in [-0.15, -0.1) is 0 Å². The second-order valence-electron chi connectivity index (χ2n) is 5.23. The van der Waals surface area contributed by atoms with E-state index >= 15 is 0 Å². The Morgan fingerprint density at radius 1 is 0.962 bits per heavy atom. The molecule has 3 aromatic rings. The van der Waals surface area contributed by atoms with Gasteiger partial charge in [0.25, 0.3) is 10.0 Å². The lowest BCUT2D eigenvalue weighted by Gasteiger charge is -2.07. The van der Waals surface area contributed by atoms with Gasteiger partial charge in [0.05, 0.1) is 32.5 Å². The summed E-state index contributed by atoms with van der Waals surface area (Å²) >= 11 is 12.2. The summed E-state index contributed by atoms with van der Waals surface area (Å²) < 4.78 is 27.2. The first kappa shape index (κ1) is 18.4. The molecule has 0 atom stereocenters. The molecule has 0 fully saturated rings. The Kier molecular flexibility index (Phi) is 5.56. The molecule has 0 bridgehead atoms. The highest BCUT2D eigenvalue weighted by Gasteiger charge is 2.13. The summed E-state index contributed by atoms with van der Waals surface area (Å²) in [5, 5.41) is 0.974. The second-order valence-corrected chi connectivity index (χ2v) is 7.73. The van der Waals surface area contributed by atoms with Gasteiger partial charge in [0.1, 0.15) is 0 Å². The Hall–Kier alpha value is -2.41. The van der Waals surface area contributed by atoms with E-state index in [1.54, 1.807) is 54.9 Å². The predicted octanol–water partition coefficient (Wildman–Crippen LogP) is 4.94. The number of aromatic nitrogens is 1. The minimum absolute atomic E-state index is 0.121. The number of benzene rings is 2. The Labute approximate surface area is 161 Å². The highest BCUT2D eigenvalue weighted by atomic mass is 35.5.